The molecule has 1 amide bonds. The number of methoxy groups -OCH3 is 2. The van der Waals surface area contributed by atoms with Crippen LogP contribution in [0.3, 0.4) is 0 Å². The van der Waals surface area contributed by atoms with Crippen molar-refractivity contribution in [2.24, 2.45) is 0 Å². The highest BCUT2D eigenvalue weighted by molar-refractivity contribution is 5.92. The van der Waals surface area contributed by atoms with Gasteiger partial charge in [0.05, 0.1) is 14.2 Å². The largest absolute Gasteiger partial charge is 0.493 e. The molecule has 0 unspecified atom stereocenters. The van der Waals surface area contributed by atoms with Crippen molar-refractivity contribution >= 4 is 12.0 Å². The highest BCUT2D eigenvalue weighted by Crippen LogP contribution is 2.28. The zero-order valence-electron chi connectivity index (χ0n) is 15.2. The summed E-state index contributed by atoms with van der Waals surface area (Å²) in [5.41, 5.74) is 2.00. The molecule has 0 aliphatic carbocycles. The number of rotatable bonds is 7. The second-order valence-electron chi connectivity index (χ2n) is 5.99. The Morgan fingerprint density at radius 1 is 1.04 bits per heavy atom. The standard InChI is InChI=1S/C21H25NO3/c1-16(2)22(15-18-8-6-5-7-9-18)21(23)13-11-17-10-12-19(24-3)20(14-17)25-4/h5-14,16H,15H2,1-4H3/b13-11+. The summed E-state index contributed by atoms with van der Waals surface area (Å²) in [5, 5.41) is 0. The Balaban J connectivity index is 2.13. The van der Waals surface area contributed by atoms with Crippen molar-refractivity contribution < 1.29 is 14.3 Å². The predicted molar refractivity (Wildman–Crippen MR) is 101 cm³/mol. The Kier molecular flexibility index (Phi) is 6.63. The average molecular weight is 339 g/mol. The normalized spacial score (nSPS) is 10.9. The lowest BCUT2D eigenvalue weighted by atomic mass is 10.1. The van der Waals surface area contributed by atoms with Crippen LogP contribution in [0.25, 0.3) is 6.08 Å². The van der Waals surface area contributed by atoms with E-state index in [9.17, 15) is 4.79 Å². The number of hydrogen-bond donors (Lipinski definition) is 0. The Morgan fingerprint density at radius 3 is 2.32 bits per heavy atom. The van der Waals surface area contributed by atoms with Gasteiger partial charge < -0.3 is 14.4 Å². The summed E-state index contributed by atoms with van der Waals surface area (Å²) >= 11 is 0. The van der Waals surface area contributed by atoms with E-state index in [1.807, 2.05) is 67.3 Å². The van der Waals surface area contributed by atoms with E-state index in [1.54, 1.807) is 26.4 Å². The van der Waals surface area contributed by atoms with Gasteiger partial charge in [0.25, 0.3) is 0 Å². The molecule has 2 aromatic rings. The van der Waals surface area contributed by atoms with E-state index < -0.39 is 0 Å². The molecule has 0 aliphatic rings. The molecular formula is C21H25NO3. The molecule has 0 bridgehead atoms. The minimum atomic E-state index is -0.0198. The number of ether oxygens (including phenoxy) is 2. The Labute approximate surface area is 149 Å². The number of benzene rings is 2. The molecule has 0 atom stereocenters. The fraction of sp³-hybridized carbons (Fsp3) is 0.286. The van der Waals surface area contributed by atoms with Gasteiger partial charge in [-0.05, 0) is 43.2 Å². The Hall–Kier alpha value is -2.75. The first-order valence-corrected chi connectivity index (χ1v) is 8.29. The molecule has 2 aromatic carbocycles. The summed E-state index contributed by atoms with van der Waals surface area (Å²) in [7, 11) is 3.19. The van der Waals surface area contributed by atoms with Crippen LogP contribution in [0.2, 0.25) is 0 Å². The molecule has 4 nitrogen and oxygen atoms in total. The maximum Gasteiger partial charge on any atom is 0.247 e. The average Bonchev–Trinajstić information content (AvgIpc) is 2.64. The van der Waals surface area contributed by atoms with Crippen molar-refractivity contribution in [3.05, 3.63) is 65.7 Å². The number of amides is 1. The molecule has 0 aliphatic heterocycles. The molecule has 0 saturated carbocycles. The third-order valence-corrected chi connectivity index (χ3v) is 3.93. The van der Waals surface area contributed by atoms with Crippen LogP contribution < -0.4 is 9.47 Å². The van der Waals surface area contributed by atoms with Crippen molar-refractivity contribution in [3.8, 4) is 11.5 Å². The van der Waals surface area contributed by atoms with Crippen LogP contribution in [-0.4, -0.2) is 31.1 Å². The quantitative estimate of drug-likeness (QED) is 0.711. The van der Waals surface area contributed by atoms with Gasteiger partial charge in [-0.2, -0.15) is 0 Å². The van der Waals surface area contributed by atoms with Crippen molar-refractivity contribution in [3.63, 3.8) is 0 Å². The van der Waals surface area contributed by atoms with E-state index in [4.69, 9.17) is 9.47 Å². The van der Waals surface area contributed by atoms with E-state index in [2.05, 4.69) is 0 Å². The first-order valence-electron chi connectivity index (χ1n) is 8.29. The topological polar surface area (TPSA) is 38.8 Å². The first kappa shape index (κ1) is 18.6. The molecule has 0 N–H and O–H groups in total. The molecule has 0 saturated heterocycles. The fourth-order valence-corrected chi connectivity index (χ4v) is 2.51. The van der Waals surface area contributed by atoms with Crippen LogP contribution in [0.15, 0.2) is 54.6 Å². The van der Waals surface area contributed by atoms with Gasteiger partial charge in [-0.1, -0.05) is 36.4 Å². The van der Waals surface area contributed by atoms with Gasteiger partial charge in [0.1, 0.15) is 0 Å². The van der Waals surface area contributed by atoms with Gasteiger partial charge >= 0.3 is 0 Å². The van der Waals surface area contributed by atoms with E-state index in [-0.39, 0.29) is 11.9 Å². The van der Waals surface area contributed by atoms with Crippen LogP contribution in [0.5, 0.6) is 11.5 Å². The smallest absolute Gasteiger partial charge is 0.247 e. The summed E-state index contributed by atoms with van der Waals surface area (Å²) in [6.07, 6.45) is 3.40. The van der Waals surface area contributed by atoms with E-state index in [1.165, 1.54) is 0 Å². The predicted octanol–water partition coefficient (Wildman–Crippen LogP) is 4.15. The van der Waals surface area contributed by atoms with Crippen LogP contribution >= 0.6 is 0 Å². The fourth-order valence-electron chi connectivity index (χ4n) is 2.51. The summed E-state index contributed by atoms with van der Waals surface area (Å²) < 4.78 is 10.5. The molecule has 25 heavy (non-hydrogen) atoms. The monoisotopic (exact) mass is 339 g/mol. The maximum atomic E-state index is 12.6. The third kappa shape index (κ3) is 5.11. The van der Waals surface area contributed by atoms with Gasteiger partial charge in [-0.3, -0.25) is 4.79 Å². The summed E-state index contributed by atoms with van der Waals surface area (Å²) in [5.74, 6) is 1.29. The zero-order chi connectivity index (χ0) is 18.2. The molecule has 0 spiro atoms. The minimum Gasteiger partial charge on any atom is -0.493 e. The highest BCUT2D eigenvalue weighted by atomic mass is 16.5. The molecule has 4 heteroatoms. The number of nitrogens with zero attached hydrogens (tertiary/aromatic N) is 1. The van der Waals surface area contributed by atoms with Crippen LogP contribution in [0.1, 0.15) is 25.0 Å². The van der Waals surface area contributed by atoms with Crippen molar-refractivity contribution in [2.45, 2.75) is 26.4 Å². The van der Waals surface area contributed by atoms with Crippen molar-refractivity contribution in [1.29, 1.82) is 0 Å². The van der Waals surface area contributed by atoms with E-state index in [0.29, 0.717) is 18.0 Å². The van der Waals surface area contributed by atoms with Crippen LogP contribution in [0.4, 0.5) is 0 Å². The second-order valence-corrected chi connectivity index (χ2v) is 5.99. The number of carbonyl (C=O) groups excluding carboxylic acids is 1. The summed E-state index contributed by atoms with van der Waals surface area (Å²) in [4.78, 5) is 14.5. The van der Waals surface area contributed by atoms with Crippen LogP contribution in [0, 0.1) is 0 Å². The Morgan fingerprint density at radius 2 is 1.72 bits per heavy atom. The lowest BCUT2D eigenvalue weighted by molar-refractivity contribution is -0.128. The minimum absolute atomic E-state index is 0.0198. The summed E-state index contributed by atoms with van der Waals surface area (Å²) in [6, 6.07) is 15.7. The molecule has 0 radical (unpaired) electrons. The van der Waals surface area contributed by atoms with E-state index in [0.717, 1.165) is 11.1 Å². The molecule has 2 rings (SSSR count). The van der Waals surface area contributed by atoms with Gasteiger partial charge in [-0.15, -0.1) is 0 Å². The zero-order valence-corrected chi connectivity index (χ0v) is 15.2. The molecular weight excluding hydrogens is 314 g/mol. The van der Waals surface area contributed by atoms with Gasteiger partial charge in [0, 0.05) is 18.7 Å². The summed E-state index contributed by atoms with van der Waals surface area (Å²) in [6.45, 7) is 4.63. The van der Waals surface area contributed by atoms with Crippen molar-refractivity contribution in [2.75, 3.05) is 14.2 Å². The first-order chi connectivity index (χ1) is 12.0. The Bertz CT molecular complexity index is 723. The highest BCUT2D eigenvalue weighted by Gasteiger charge is 2.14. The molecule has 0 fully saturated rings. The van der Waals surface area contributed by atoms with Gasteiger partial charge in [-0.25, -0.2) is 0 Å². The number of carbonyl (C=O) groups is 1. The molecule has 0 aromatic heterocycles. The third-order valence-electron chi connectivity index (χ3n) is 3.93. The molecule has 0 heterocycles. The number of hydrogen-bond acceptors (Lipinski definition) is 3. The van der Waals surface area contributed by atoms with Gasteiger partial charge in [0.2, 0.25) is 5.91 Å². The lowest BCUT2D eigenvalue weighted by Crippen LogP contribution is -2.35. The maximum absolute atomic E-state index is 12.6. The van der Waals surface area contributed by atoms with Gasteiger partial charge in [0.15, 0.2) is 11.5 Å². The lowest BCUT2D eigenvalue weighted by Gasteiger charge is -2.25. The van der Waals surface area contributed by atoms with Crippen LogP contribution in [-0.2, 0) is 11.3 Å². The van der Waals surface area contributed by atoms with E-state index >= 15 is 0 Å². The van der Waals surface area contributed by atoms with Crippen molar-refractivity contribution in [1.82, 2.24) is 4.90 Å². The SMILES string of the molecule is COc1ccc(/C=C/C(=O)N(Cc2ccccc2)C(C)C)cc1OC. The second kappa shape index (κ2) is 8.92. The molecule has 132 valence electrons.